The summed E-state index contributed by atoms with van der Waals surface area (Å²) in [7, 11) is -4.83. The molecule has 1 aliphatic rings. The monoisotopic (exact) mass is 280 g/mol. The van der Waals surface area contributed by atoms with Gasteiger partial charge in [0.15, 0.2) is 5.78 Å². The van der Waals surface area contributed by atoms with Crippen molar-refractivity contribution < 1.29 is 22.9 Å². The number of rotatable bonds is 3. The Hall–Kier alpha value is -1.76. The SMILES string of the molecule is O=C(c1ccccc1)C1C=CC=CC1(O)S(=O)(=O)O. The molecule has 1 aromatic carbocycles. The second-order valence-electron chi connectivity index (χ2n) is 4.18. The fourth-order valence-corrected chi connectivity index (χ4v) is 2.67. The molecular formula is C13H12O5S. The zero-order chi connectivity index (χ0) is 14.1. The van der Waals surface area contributed by atoms with E-state index in [1.165, 1.54) is 30.4 Å². The molecule has 2 rings (SSSR count). The quantitative estimate of drug-likeness (QED) is 0.641. The van der Waals surface area contributed by atoms with Gasteiger partial charge in [-0.25, -0.2) is 0 Å². The van der Waals surface area contributed by atoms with E-state index in [1.807, 2.05) is 0 Å². The fraction of sp³-hybridized carbons (Fsp3) is 0.154. The maximum atomic E-state index is 12.2. The summed E-state index contributed by atoms with van der Waals surface area (Å²) in [5, 5.41) is 10.1. The zero-order valence-electron chi connectivity index (χ0n) is 9.80. The van der Waals surface area contributed by atoms with Gasteiger partial charge >= 0.3 is 0 Å². The molecule has 100 valence electrons. The van der Waals surface area contributed by atoms with Gasteiger partial charge in [-0.15, -0.1) is 0 Å². The number of hydrogen-bond donors (Lipinski definition) is 2. The summed E-state index contributed by atoms with van der Waals surface area (Å²) in [5.41, 5.74) is 0.259. The molecule has 0 fully saturated rings. The maximum Gasteiger partial charge on any atom is 0.300 e. The van der Waals surface area contributed by atoms with Gasteiger partial charge in [0.05, 0.1) is 5.92 Å². The third-order valence-electron chi connectivity index (χ3n) is 2.95. The number of benzene rings is 1. The largest absolute Gasteiger partial charge is 0.369 e. The zero-order valence-corrected chi connectivity index (χ0v) is 10.6. The van der Waals surface area contributed by atoms with Crippen molar-refractivity contribution in [3.63, 3.8) is 0 Å². The van der Waals surface area contributed by atoms with Crippen LogP contribution in [0.2, 0.25) is 0 Å². The number of carbonyl (C=O) groups excluding carboxylic acids is 1. The highest BCUT2D eigenvalue weighted by molar-refractivity contribution is 7.87. The molecule has 2 N–H and O–H groups in total. The van der Waals surface area contributed by atoms with E-state index in [1.54, 1.807) is 18.2 Å². The van der Waals surface area contributed by atoms with Crippen LogP contribution >= 0.6 is 0 Å². The lowest BCUT2D eigenvalue weighted by Crippen LogP contribution is -2.47. The Bertz CT molecular complexity index is 645. The molecule has 0 bridgehead atoms. The Morgan fingerprint density at radius 3 is 2.37 bits per heavy atom. The molecule has 0 aliphatic heterocycles. The van der Waals surface area contributed by atoms with Gasteiger partial charge < -0.3 is 5.11 Å². The minimum absolute atomic E-state index is 0.259. The highest BCUT2D eigenvalue weighted by Crippen LogP contribution is 2.32. The first kappa shape index (κ1) is 13.7. The van der Waals surface area contributed by atoms with E-state index in [2.05, 4.69) is 0 Å². The van der Waals surface area contributed by atoms with Crippen molar-refractivity contribution in [2.24, 2.45) is 5.92 Å². The molecule has 1 aliphatic carbocycles. The first-order valence-electron chi connectivity index (χ1n) is 5.51. The smallest absolute Gasteiger partial charge is 0.300 e. The normalized spacial score (nSPS) is 26.3. The van der Waals surface area contributed by atoms with Gasteiger partial charge in [-0.3, -0.25) is 9.35 Å². The third-order valence-corrected chi connectivity index (χ3v) is 4.17. The van der Waals surface area contributed by atoms with E-state index in [0.29, 0.717) is 0 Å². The van der Waals surface area contributed by atoms with Crippen LogP contribution in [0.4, 0.5) is 0 Å². The van der Waals surface area contributed by atoms with E-state index in [-0.39, 0.29) is 5.56 Å². The number of carbonyl (C=O) groups is 1. The molecular weight excluding hydrogens is 268 g/mol. The highest BCUT2D eigenvalue weighted by Gasteiger charge is 2.49. The first-order valence-corrected chi connectivity index (χ1v) is 6.95. The van der Waals surface area contributed by atoms with Crippen molar-refractivity contribution in [1.82, 2.24) is 0 Å². The molecule has 5 nitrogen and oxygen atoms in total. The molecule has 1 aromatic rings. The molecule has 0 saturated carbocycles. The van der Waals surface area contributed by atoms with Crippen LogP contribution in [-0.4, -0.2) is 28.8 Å². The lowest BCUT2D eigenvalue weighted by atomic mass is 9.89. The minimum atomic E-state index is -4.83. The van der Waals surface area contributed by atoms with Crippen LogP contribution in [0.25, 0.3) is 0 Å². The predicted molar refractivity (Wildman–Crippen MR) is 69.0 cm³/mol. The van der Waals surface area contributed by atoms with Crippen molar-refractivity contribution in [2.75, 3.05) is 0 Å². The molecule has 0 spiro atoms. The van der Waals surface area contributed by atoms with E-state index >= 15 is 0 Å². The molecule has 0 aromatic heterocycles. The summed E-state index contributed by atoms with van der Waals surface area (Å²) >= 11 is 0. The molecule has 6 heteroatoms. The Kier molecular flexibility index (Phi) is 3.40. The van der Waals surface area contributed by atoms with Gasteiger partial charge in [0.2, 0.25) is 4.93 Å². The van der Waals surface area contributed by atoms with E-state index in [4.69, 9.17) is 4.55 Å². The summed E-state index contributed by atoms with van der Waals surface area (Å²) in [4.78, 5) is 9.61. The van der Waals surface area contributed by atoms with Gasteiger partial charge in [0, 0.05) is 5.56 Å². The van der Waals surface area contributed by atoms with Crippen molar-refractivity contribution >= 4 is 15.9 Å². The summed E-state index contributed by atoms with van der Waals surface area (Å²) < 4.78 is 31.8. The van der Waals surface area contributed by atoms with Crippen LogP contribution in [0.1, 0.15) is 10.4 Å². The van der Waals surface area contributed by atoms with E-state index < -0.39 is 26.8 Å². The molecule has 2 unspecified atom stereocenters. The average molecular weight is 280 g/mol. The topological polar surface area (TPSA) is 91.7 Å². The van der Waals surface area contributed by atoms with Crippen LogP contribution in [0.5, 0.6) is 0 Å². The average Bonchev–Trinajstić information content (AvgIpc) is 2.38. The van der Waals surface area contributed by atoms with E-state index in [9.17, 15) is 18.3 Å². The van der Waals surface area contributed by atoms with E-state index in [0.717, 1.165) is 6.08 Å². The molecule has 0 amide bonds. The number of hydrogen-bond acceptors (Lipinski definition) is 4. The summed E-state index contributed by atoms with van der Waals surface area (Å²) in [5.74, 6) is -1.96. The summed E-state index contributed by atoms with van der Waals surface area (Å²) in [6.07, 6.45) is 4.87. The van der Waals surface area contributed by atoms with Crippen LogP contribution in [0, 0.1) is 5.92 Å². The first-order chi connectivity index (χ1) is 8.86. The van der Waals surface area contributed by atoms with Crippen molar-refractivity contribution in [2.45, 2.75) is 4.93 Å². The highest BCUT2D eigenvalue weighted by atomic mass is 32.2. The molecule has 0 radical (unpaired) electrons. The Morgan fingerprint density at radius 2 is 1.79 bits per heavy atom. The molecule has 0 saturated heterocycles. The second kappa shape index (κ2) is 4.73. The van der Waals surface area contributed by atoms with Crippen molar-refractivity contribution in [3.8, 4) is 0 Å². The summed E-state index contributed by atoms with van der Waals surface area (Å²) in [6, 6.07) is 7.99. The van der Waals surface area contributed by atoms with Crippen molar-refractivity contribution in [3.05, 3.63) is 60.2 Å². The second-order valence-corrected chi connectivity index (χ2v) is 5.78. The lowest BCUT2D eigenvalue weighted by Gasteiger charge is -2.29. The lowest BCUT2D eigenvalue weighted by molar-refractivity contribution is 0.0729. The number of allylic oxidation sites excluding steroid dienone is 2. The number of aliphatic hydroxyl groups is 1. The predicted octanol–water partition coefficient (Wildman–Crippen LogP) is 1.19. The van der Waals surface area contributed by atoms with Crippen LogP contribution in [0.15, 0.2) is 54.6 Å². The minimum Gasteiger partial charge on any atom is -0.369 e. The number of ketones is 1. The van der Waals surface area contributed by atoms with Gasteiger partial charge in [-0.2, -0.15) is 8.42 Å². The van der Waals surface area contributed by atoms with Crippen molar-refractivity contribution in [1.29, 1.82) is 0 Å². The fourth-order valence-electron chi connectivity index (χ4n) is 1.91. The third kappa shape index (κ3) is 2.37. The Morgan fingerprint density at radius 1 is 1.16 bits per heavy atom. The Balaban J connectivity index is 2.46. The van der Waals surface area contributed by atoms with Gasteiger partial charge in [0.1, 0.15) is 0 Å². The van der Waals surface area contributed by atoms with Crippen LogP contribution in [-0.2, 0) is 10.1 Å². The standard InChI is InChI=1S/C13H12O5S/c14-12(10-6-2-1-3-7-10)11-8-4-5-9-13(11,15)19(16,17)18/h1-9,11,15H,(H,16,17,18). The number of Topliss-reactive ketones (excluding diaryl/α,β-unsaturated/α-hetero) is 1. The van der Waals surface area contributed by atoms with Crippen LogP contribution in [0.3, 0.4) is 0 Å². The summed E-state index contributed by atoms with van der Waals surface area (Å²) in [6.45, 7) is 0. The Labute approximate surface area is 110 Å². The molecule has 2 atom stereocenters. The maximum absolute atomic E-state index is 12.2. The van der Waals surface area contributed by atoms with Gasteiger partial charge in [-0.05, 0) is 6.08 Å². The van der Waals surface area contributed by atoms with Crippen LogP contribution < -0.4 is 0 Å². The molecule has 0 heterocycles. The van der Waals surface area contributed by atoms with Gasteiger partial charge in [-0.1, -0.05) is 48.6 Å². The van der Waals surface area contributed by atoms with Gasteiger partial charge in [0.25, 0.3) is 10.1 Å². The molecule has 19 heavy (non-hydrogen) atoms.